The predicted octanol–water partition coefficient (Wildman–Crippen LogP) is 1.03. The Labute approximate surface area is 98.0 Å². The number of hydrogen-bond acceptors (Lipinski definition) is 4. The molecule has 1 saturated heterocycles. The van der Waals surface area contributed by atoms with Crippen molar-refractivity contribution < 1.29 is 23.8 Å². The van der Waals surface area contributed by atoms with Crippen molar-refractivity contribution in [2.24, 2.45) is 5.41 Å². The number of aliphatic hydroxyl groups excluding tert-OH is 1. The summed E-state index contributed by atoms with van der Waals surface area (Å²) < 4.78 is 23.3. The van der Waals surface area contributed by atoms with E-state index in [0.717, 1.165) is 6.07 Å². The molecule has 0 atom stereocenters. The van der Waals surface area contributed by atoms with Gasteiger partial charge in [-0.25, -0.2) is 4.39 Å². The lowest BCUT2D eigenvalue weighted by Crippen LogP contribution is -2.50. The van der Waals surface area contributed by atoms with Crippen molar-refractivity contribution in [1.29, 1.82) is 0 Å². The fourth-order valence-electron chi connectivity index (χ4n) is 1.58. The Balaban J connectivity index is 2.05. The zero-order chi connectivity index (χ0) is 12.3. The molecule has 0 unspecified atom stereocenters. The average Bonchev–Trinajstić information content (AvgIpc) is 2.29. The van der Waals surface area contributed by atoms with E-state index in [4.69, 9.17) is 9.47 Å². The number of benzene rings is 1. The van der Waals surface area contributed by atoms with Gasteiger partial charge in [-0.05, 0) is 18.2 Å². The fraction of sp³-hybridized carbons (Fsp3) is 0.417. The third-order valence-corrected chi connectivity index (χ3v) is 2.78. The van der Waals surface area contributed by atoms with Crippen LogP contribution >= 0.6 is 0 Å². The number of halogens is 1. The second-order valence-electron chi connectivity index (χ2n) is 4.24. The summed E-state index contributed by atoms with van der Waals surface area (Å²) in [5.41, 5.74) is -0.229. The van der Waals surface area contributed by atoms with Crippen molar-refractivity contribution in [3.8, 4) is 5.75 Å². The van der Waals surface area contributed by atoms with E-state index in [1.54, 1.807) is 0 Å². The number of aldehydes is 1. The van der Waals surface area contributed by atoms with Crippen LogP contribution in [0.15, 0.2) is 18.2 Å². The van der Waals surface area contributed by atoms with E-state index < -0.39 is 11.2 Å². The smallest absolute Gasteiger partial charge is 0.153 e. The largest absolute Gasteiger partial charge is 0.492 e. The molecule has 0 radical (unpaired) electrons. The van der Waals surface area contributed by atoms with Gasteiger partial charge in [0.05, 0.1) is 30.8 Å². The molecule has 1 heterocycles. The third kappa shape index (κ3) is 2.45. The molecule has 92 valence electrons. The van der Waals surface area contributed by atoms with Crippen LogP contribution in [0.25, 0.3) is 0 Å². The van der Waals surface area contributed by atoms with Crippen molar-refractivity contribution >= 4 is 6.29 Å². The first-order chi connectivity index (χ1) is 8.19. The van der Waals surface area contributed by atoms with Crippen LogP contribution in [0.4, 0.5) is 4.39 Å². The Morgan fingerprint density at radius 3 is 2.82 bits per heavy atom. The first-order valence-corrected chi connectivity index (χ1v) is 5.25. The van der Waals surface area contributed by atoms with Crippen LogP contribution in [0, 0.1) is 11.2 Å². The predicted molar refractivity (Wildman–Crippen MR) is 57.6 cm³/mol. The Hall–Kier alpha value is -1.46. The lowest BCUT2D eigenvalue weighted by Gasteiger charge is -2.39. The molecule has 1 N–H and O–H groups in total. The molecule has 0 saturated carbocycles. The minimum atomic E-state index is -0.483. The van der Waals surface area contributed by atoms with Crippen molar-refractivity contribution in [3.63, 3.8) is 0 Å². The summed E-state index contributed by atoms with van der Waals surface area (Å²) in [6.07, 6.45) is 0.543. The Morgan fingerprint density at radius 2 is 2.29 bits per heavy atom. The molecule has 0 amide bonds. The van der Waals surface area contributed by atoms with Gasteiger partial charge in [0, 0.05) is 0 Å². The van der Waals surface area contributed by atoms with Crippen molar-refractivity contribution in [2.45, 2.75) is 0 Å². The topological polar surface area (TPSA) is 55.8 Å². The monoisotopic (exact) mass is 240 g/mol. The summed E-state index contributed by atoms with van der Waals surface area (Å²) in [6, 6.07) is 3.75. The van der Waals surface area contributed by atoms with E-state index in [0.29, 0.717) is 25.2 Å². The third-order valence-electron chi connectivity index (χ3n) is 2.78. The standard InChI is InChI=1S/C12H13FO4/c13-10-1-2-11(9(3-10)4-14)17-8-12(5-15)6-16-7-12/h1-4,15H,5-8H2. The molecular formula is C12H13FO4. The van der Waals surface area contributed by atoms with E-state index in [9.17, 15) is 14.3 Å². The molecule has 1 aliphatic rings. The van der Waals surface area contributed by atoms with E-state index >= 15 is 0 Å². The summed E-state index contributed by atoms with van der Waals surface area (Å²) in [4.78, 5) is 10.7. The molecular weight excluding hydrogens is 227 g/mol. The van der Waals surface area contributed by atoms with Crippen LogP contribution in [-0.4, -0.2) is 37.8 Å². The van der Waals surface area contributed by atoms with Crippen molar-refractivity contribution in [3.05, 3.63) is 29.6 Å². The molecule has 0 spiro atoms. The number of carbonyl (C=O) groups excluding carboxylic acids is 1. The van der Waals surface area contributed by atoms with Crippen LogP contribution < -0.4 is 4.74 Å². The number of aliphatic hydroxyl groups is 1. The molecule has 1 aromatic carbocycles. The van der Waals surface area contributed by atoms with E-state index in [-0.39, 0.29) is 18.8 Å². The molecule has 17 heavy (non-hydrogen) atoms. The van der Waals surface area contributed by atoms with Crippen LogP contribution in [0.3, 0.4) is 0 Å². The zero-order valence-corrected chi connectivity index (χ0v) is 9.19. The average molecular weight is 240 g/mol. The lowest BCUT2D eigenvalue weighted by molar-refractivity contribution is -0.153. The molecule has 0 aromatic heterocycles. The van der Waals surface area contributed by atoms with Gasteiger partial charge in [0.1, 0.15) is 18.2 Å². The normalized spacial score (nSPS) is 17.3. The first kappa shape index (κ1) is 12.0. The summed E-state index contributed by atoms with van der Waals surface area (Å²) in [5.74, 6) is -0.163. The van der Waals surface area contributed by atoms with Gasteiger partial charge in [-0.1, -0.05) is 0 Å². The lowest BCUT2D eigenvalue weighted by atomic mass is 9.88. The van der Waals surface area contributed by atoms with Gasteiger partial charge < -0.3 is 14.6 Å². The zero-order valence-electron chi connectivity index (χ0n) is 9.19. The molecule has 1 fully saturated rings. The van der Waals surface area contributed by atoms with E-state index in [2.05, 4.69) is 0 Å². The van der Waals surface area contributed by atoms with E-state index in [1.165, 1.54) is 12.1 Å². The minimum absolute atomic E-state index is 0.0371. The summed E-state index contributed by atoms with van der Waals surface area (Å²) in [6.45, 7) is 1.07. The Kier molecular flexibility index (Phi) is 3.40. The number of carbonyl (C=O) groups is 1. The van der Waals surface area contributed by atoms with Gasteiger partial charge in [0.15, 0.2) is 6.29 Å². The molecule has 2 rings (SSSR count). The van der Waals surface area contributed by atoms with Crippen LogP contribution in [0.5, 0.6) is 5.75 Å². The van der Waals surface area contributed by atoms with Gasteiger partial charge in [0.25, 0.3) is 0 Å². The maximum absolute atomic E-state index is 12.9. The number of hydrogen-bond donors (Lipinski definition) is 1. The second-order valence-corrected chi connectivity index (χ2v) is 4.24. The SMILES string of the molecule is O=Cc1cc(F)ccc1OCC1(CO)COC1. The highest BCUT2D eigenvalue weighted by Gasteiger charge is 2.39. The summed E-state index contributed by atoms with van der Waals surface area (Å²) in [5, 5.41) is 9.20. The van der Waals surface area contributed by atoms with Crippen LogP contribution in [0.2, 0.25) is 0 Å². The van der Waals surface area contributed by atoms with Gasteiger partial charge in [-0.2, -0.15) is 0 Å². The number of ether oxygens (including phenoxy) is 2. The first-order valence-electron chi connectivity index (χ1n) is 5.25. The van der Waals surface area contributed by atoms with Crippen molar-refractivity contribution in [2.75, 3.05) is 26.4 Å². The van der Waals surface area contributed by atoms with Crippen LogP contribution in [0.1, 0.15) is 10.4 Å². The molecule has 0 aliphatic carbocycles. The summed E-state index contributed by atoms with van der Waals surface area (Å²) in [7, 11) is 0. The Morgan fingerprint density at radius 1 is 1.53 bits per heavy atom. The van der Waals surface area contributed by atoms with Gasteiger partial charge >= 0.3 is 0 Å². The highest BCUT2D eigenvalue weighted by atomic mass is 19.1. The van der Waals surface area contributed by atoms with Gasteiger partial charge in [-0.3, -0.25) is 4.79 Å². The molecule has 0 bridgehead atoms. The minimum Gasteiger partial charge on any atom is -0.492 e. The van der Waals surface area contributed by atoms with Gasteiger partial charge in [-0.15, -0.1) is 0 Å². The fourth-order valence-corrected chi connectivity index (χ4v) is 1.58. The molecule has 5 heteroatoms. The van der Waals surface area contributed by atoms with Crippen LogP contribution in [-0.2, 0) is 4.74 Å². The number of rotatable bonds is 5. The highest BCUT2D eigenvalue weighted by molar-refractivity contribution is 5.79. The molecule has 4 nitrogen and oxygen atoms in total. The molecule has 1 aromatic rings. The maximum atomic E-state index is 12.9. The van der Waals surface area contributed by atoms with E-state index in [1.807, 2.05) is 0 Å². The second kappa shape index (κ2) is 4.81. The van der Waals surface area contributed by atoms with Gasteiger partial charge in [0.2, 0.25) is 0 Å². The Bertz CT molecular complexity index is 409. The quantitative estimate of drug-likeness (QED) is 0.781. The molecule has 1 aliphatic heterocycles. The highest BCUT2D eigenvalue weighted by Crippen LogP contribution is 2.28. The van der Waals surface area contributed by atoms with Crippen molar-refractivity contribution in [1.82, 2.24) is 0 Å². The summed E-state index contributed by atoms with van der Waals surface area (Å²) >= 11 is 0. The maximum Gasteiger partial charge on any atom is 0.153 e.